The minimum absolute atomic E-state index is 0.0217. The molecule has 1 rings (SSSR count). The number of hydrogen-bond acceptors (Lipinski definition) is 5. The van der Waals surface area contributed by atoms with Gasteiger partial charge in [-0.1, -0.05) is 0 Å². The van der Waals surface area contributed by atoms with Crippen molar-refractivity contribution in [2.45, 2.75) is 6.54 Å². The second-order valence-corrected chi connectivity index (χ2v) is 3.57. The lowest BCUT2D eigenvalue weighted by molar-refractivity contribution is 0.266. The number of nitrogens with one attached hydrogen (secondary N) is 1. The highest BCUT2D eigenvalue weighted by Crippen LogP contribution is 2.15. The Morgan fingerprint density at radius 1 is 1.47 bits per heavy atom. The minimum Gasteiger partial charge on any atom is -0.395 e. The molecule has 1 aromatic heterocycles. The first kappa shape index (κ1) is 12.2. The molecule has 0 aliphatic heterocycles. The van der Waals surface area contributed by atoms with Gasteiger partial charge in [-0.05, 0) is 15.9 Å². The molecule has 84 valence electrons. The van der Waals surface area contributed by atoms with Crippen molar-refractivity contribution in [1.29, 1.82) is 0 Å². The van der Waals surface area contributed by atoms with E-state index in [-0.39, 0.29) is 25.3 Å². The maximum Gasteiger partial charge on any atom is 0.283 e. The molecule has 3 N–H and O–H groups in total. The molecule has 0 bridgehead atoms. The van der Waals surface area contributed by atoms with Crippen molar-refractivity contribution >= 4 is 21.6 Å². The van der Waals surface area contributed by atoms with Gasteiger partial charge in [-0.2, -0.15) is 5.10 Å². The van der Waals surface area contributed by atoms with Gasteiger partial charge in [0.25, 0.3) is 5.56 Å². The van der Waals surface area contributed by atoms with Gasteiger partial charge >= 0.3 is 0 Å². The van der Waals surface area contributed by atoms with Crippen LogP contribution in [-0.2, 0) is 6.54 Å². The van der Waals surface area contributed by atoms with Crippen LogP contribution < -0.4 is 10.9 Å². The molecule has 0 radical (unpaired) electrons. The van der Waals surface area contributed by atoms with Crippen molar-refractivity contribution in [3.63, 3.8) is 0 Å². The first-order valence-electron chi connectivity index (χ1n) is 4.42. The lowest BCUT2D eigenvalue weighted by atomic mass is 10.4. The Kier molecular flexibility index (Phi) is 4.73. The Morgan fingerprint density at radius 3 is 2.80 bits per heavy atom. The van der Waals surface area contributed by atoms with E-state index in [0.717, 1.165) is 4.68 Å². The summed E-state index contributed by atoms with van der Waals surface area (Å²) < 4.78 is 1.51. The Balaban J connectivity index is 2.94. The maximum atomic E-state index is 11.6. The molecule has 6 nitrogen and oxygen atoms in total. The quantitative estimate of drug-likeness (QED) is 0.669. The van der Waals surface area contributed by atoms with Crippen LogP contribution in [0.4, 0.5) is 5.69 Å². The first-order valence-corrected chi connectivity index (χ1v) is 5.21. The highest BCUT2D eigenvalue weighted by molar-refractivity contribution is 9.10. The predicted octanol–water partition coefficient (Wildman–Crippen LogP) is -0.598. The molecular formula is C8H12BrN3O3. The van der Waals surface area contributed by atoms with Gasteiger partial charge in [0.1, 0.15) is 4.47 Å². The van der Waals surface area contributed by atoms with Gasteiger partial charge in [-0.25, -0.2) is 4.68 Å². The summed E-state index contributed by atoms with van der Waals surface area (Å²) in [6.07, 6.45) is 1.47. The standard InChI is InChI=1S/C8H12BrN3O3/c9-7-6(10-1-3-13)5-11-12(2-4-14)8(7)15/h5,10,13-14H,1-4H2. The molecule has 0 fully saturated rings. The lowest BCUT2D eigenvalue weighted by Crippen LogP contribution is -2.26. The van der Waals surface area contributed by atoms with E-state index in [0.29, 0.717) is 16.7 Å². The summed E-state index contributed by atoms with van der Waals surface area (Å²) >= 11 is 3.13. The summed E-state index contributed by atoms with van der Waals surface area (Å²) in [5.41, 5.74) is 0.218. The van der Waals surface area contributed by atoms with Crippen molar-refractivity contribution in [3.8, 4) is 0 Å². The topological polar surface area (TPSA) is 87.4 Å². The van der Waals surface area contributed by atoms with E-state index in [1.807, 2.05) is 0 Å². The fourth-order valence-electron chi connectivity index (χ4n) is 1.03. The van der Waals surface area contributed by atoms with Crippen LogP contribution in [0.5, 0.6) is 0 Å². The third-order valence-corrected chi connectivity index (χ3v) is 2.49. The SMILES string of the molecule is O=c1c(Br)c(NCCO)cnn1CCO. The summed E-state index contributed by atoms with van der Waals surface area (Å²) in [5.74, 6) is 0. The molecule has 0 amide bonds. The largest absolute Gasteiger partial charge is 0.395 e. The first-order chi connectivity index (χ1) is 7.20. The zero-order valence-corrected chi connectivity index (χ0v) is 9.57. The van der Waals surface area contributed by atoms with Gasteiger partial charge in [0, 0.05) is 6.54 Å². The molecule has 7 heteroatoms. The fraction of sp³-hybridized carbons (Fsp3) is 0.500. The maximum absolute atomic E-state index is 11.6. The van der Waals surface area contributed by atoms with Crippen LogP contribution in [0.1, 0.15) is 0 Å². The predicted molar refractivity (Wildman–Crippen MR) is 58.9 cm³/mol. The van der Waals surface area contributed by atoms with Gasteiger partial charge in [0.15, 0.2) is 0 Å². The Hall–Kier alpha value is -0.920. The number of aliphatic hydroxyl groups excluding tert-OH is 2. The Bertz CT molecular complexity index is 380. The molecule has 0 atom stereocenters. The van der Waals surface area contributed by atoms with Gasteiger partial charge in [-0.15, -0.1) is 0 Å². The normalized spacial score (nSPS) is 10.3. The van der Waals surface area contributed by atoms with E-state index in [1.54, 1.807) is 0 Å². The third kappa shape index (κ3) is 3.01. The van der Waals surface area contributed by atoms with Crippen LogP contribution in [0.15, 0.2) is 15.5 Å². The molecule has 0 aliphatic carbocycles. The summed E-state index contributed by atoms with van der Waals surface area (Å²) in [6, 6.07) is 0. The van der Waals surface area contributed by atoms with Gasteiger partial charge < -0.3 is 15.5 Å². The fourth-order valence-corrected chi connectivity index (χ4v) is 1.48. The molecule has 1 aromatic rings. The molecule has 0 spiro atoms. The molecule has 0 saturated heterocycles. The second kappa shape index (κ2) is 5.84. The lowest BCUT2D eigenvalue weighted by Gasteiger charge is -2.08. The zero-order valence-electron chi connectivity index (χ0n) is 7.98. The van der Waals surface area contributed by atoms with E-state index in [1.165, 1.54) is 6.20 Å². The van der Waals surface area contributed by atoms with Crippen LogP contribution in [-0.4, -0.2) is 39.8 Å². The number of aromatic nitrogens is 2. The van der Waals surface area contributed by atoms with Gasteiger partial charge in [-0.3, -0.25) is 4.79 Å². The minimum atomic E-state index is -0.313. The highest BCUT2D eigenvalue weighted by atomic mass is 79.9. The average molecular weight is 278 g/mol. The number of anilines is 1. The van der Waals surface area contributed by atoms with Gasteiger partial charge in [0.05, 0.1) is 31.6 Å². The summed E-state index contributed by atoms with van der Waals surface area (Å²) in [7, 11) is 0. The van der Waals surface area contributed by atoms with Crippen molar-refractivity contribution in [1.82, 2.24) is 9.78 Å². The van der Waals surface area contributed by atoms with Crippen molar-refractivity contribution in [2.75, 3.05) is 25.1 Å². The number of aliphatic hydroxyl groups is 2. The summed E-state index contributed by atoms with van der Waals surface area (Å²) in [5, 5.41) is 24.0. The number of rotatable bonds is 5. The highest BCUT2D eigenvalue weighted by Gasteiger charge is 2.07. The van der Waals surface area contributed by atoms with Crippen LogP contribution >= 0.6 is 15.9 Å². The number of halogens is 1. The average Bonchev–Trinajstić information content (AvgIpc) is 2.24. The zero-order chi connectivity index (χ0) is 11.3. The van der Waals surface area contributed by atoms with Crippen LogP contribution in [0.25, 0.3) is 0 Å². The van der Waals surface area contributed by atoms with E-state index in [2.05, 4.69) is 26.3 Å². The smallest absolute Gasteiger partial charge is 0.283 e. The van der Waals surface area contributed by atoms with Crippen LogP contribution in [0, 0.1) is 0 Å². The molecule has 0 aromatic carbocycles. The van der Waals surface area contributed by atoms with Crippen LogP contribution in [0.2, 0.25) is 0 Å². The molecule has 15 heavy (non-hydrogen) atoms. The summed E-state index contributed by atoms with van der Waals surface area (Å²) in [4.78, 5) is 11.6. The number of nitrogens with zero attached hydrogens (tertiary/aromatic N) is 2. The third-order valence-electron chi connectivity index (χ3n) is 1.72. The number of hydrogen-bond donors (Lipinski definition) is 3. The van der Waals surface area contributed by atoms with E-state index in [4.69, 9.17) is 10.2 Å². The van der Waals surface area contributed by atoms with E-state index < -0.39 is 0 Å². The van der Waals surface area contributed by atoms with E-state index >= 15 is 0 Å². The summed E-state index contributed by atoms with van der Waals surface area (Å²) in [6.45, 7) is 0.358. The molecule has 0 unspecified atom stereocenters. The van der Waals surface area contributed by atoms with E-state index in [9.17, 15) is 4.79 Å². The second-order valence-electron chi connectivity index (χ2n) is 2.77. The van der Waals surface area contributed by atoms with Crippen LogP contribution in [0.3, 0.4) is 0 Å². The molecule has 0 saturated carbocycles. The Labute approximate surface area is 94.7 Å². The molecular weight excluding hydrogens is 266 g/mol. The van der Waals surface area contributed by atoms with Crippen molar-refractivity contribution in [2.24, 2.45) is 0 Å². The van der Waals surface area contributed by atoms with Crippen molar-refractivity contribution in [3.05, 3.63) is 21.0 Å². The monoisotopic (exact) mass is 277 g/mol. The molecule has 0 aliphatic rings. The molecule has 1 heterocycles. The van der Waals surface area contributed by atoms with Crippen molar-refractivity contribution < 1.29 is 10.2 Å². The Morgan fingerprint density at radius 2 is 2.20 bits per heavy atom. The van der Waals surface area contributed by atoms with Gasteiger partial charge in [0.2, 0.25) is 0 Å².